The Morgan fingerprint density at radius 3 is 2.86 bits per heavy atom. The van der Waals surface area contributed by atoms with E-state index in [-0.39, 0.29) is 11.7 Å². The summed E-state index contributed by atoms with van der Waals surface area (Å²) in [6.45, 7) is 0.337. The number of hydrogen-bond acceptors (Lipinski definition) is 2. The summed E-state index contributed by atoms with van der Waals surface area (Å²) in [5.41, 5.74) is 0.864. The molecular formula is C10H10FNO2. The molecule has 0 saturated carbocycles. The van der Waals surface area contributed by atoms with Crippen molar-refractivity contribution in [2.45, 2.75) is 6.54 Å². The summed E-state index contributed by atoms with van der Waals surface area (Å²) in [6, 6.07) is 2.87. The van der Waals surface area contributed by atoms with Crippen molar-refractivity contribution in [2.75, 3.05) is 14.2 Å². The first-order chi connectivity index (χ1) is 6.63. The van der Waals surface area contributed by atoms with E-state index in [4.69, 9.17) is 4.74 Å². The van der Waals surface area contributed by atoms with E-state index < -0.39 is 0 Å². The molecule has 1 aliphatic heterocycles. The van der Waals surface area contributed by atoms with Crippen molar-refractivity contribution in [1.82, 2.24) is 4.90 Å². The van der Waals surface area contributed by atoms with Crippen LogP contribution in [0.25, 0.3) is 0 Å². The quantitative estimate of drug-likeness (QED) is 0.678. The topological polar surface area (TPSA) is 29.5 Å². The number of hydrogen-bond donors (Lipinski definition) is 0. The second kappa shape index (κ2) is 2.97. The van der Waals surface area contributed by atoms with Gasteiger partial charge in [-0.3, -0.25) is 4.79 Å². The van der Waals surface area contributed by atoms with E-state index in [1.807, 2.05) is 0 Å². The summed E-state index contributed by atoms with van der Waals surface area (Å²) in [5.74, 6) is -0.153. The first kappa shape index (κ1) is 8.99. The number of carbonyl (C=O) groups excluding carboxylic acids is 1. The van der Waals surface area contributed by atoms with Gasteiger partial charge < -0.3 is 9.64 Å². The highest BCUT2D eigenvalue weighted by Crippen LogP contribution is 2.28. The van der Waals surface area contributed by atoms with Crippen LogP contribution in [-0.2, 0) is 6.54 Å². The number of nitrogens with zero attached hydrogens (tertiary/aromatic N) is 1. The fourth-order valence-corrected chi connectivity index (χ4v) is 1.60. The molecule has 1 aliphatic rings. The number of fused-ring (bicyclic) bond motifs is 1. The van der Waals surface area contributed by atoms with Gasteiger partial charge in [0.1, 0.15) is 11.6 Å². The van der Waals surface area contributed by atoms with Crippen LogP contribution in [0.3, 0.4) is 0 Å². The van der Waals surface area contributed by atoms with Crippen LogP contribution in [0.5, 0.6) is 5.75 Å². The van der Waals surface area contributed by atoms with Gasteiger partial charge in [-0.15, -0.1) is 0 Å². The minimum Gasteiger partial charge on any atom is -0.497 e. The van der Waals surface area contributed by atoms with Crippen molar-refractivity contribution >= 4 is 5.91 Å². The van der Waals surface area contributed by atoms with Gasteiger partial charge in [-0.25, -0.2) is 4.39 Å². The summed E-state index contributed by atoms with van der Waals surface area (Å²) >= 11 is 0. The van der Waals surface area contributed by atoms with Crippen molar-refractivity contribution in [3.05, 3.63) is 29.1 Å². The summed E-state index contributed by atoms with van der Waals surface area (Å²) in [7, 11) is 3.10. The van der Waals surface area contributed by atoms with Gasteiger partial charge in [0.15, 0.2) is 0 Å². The first-order valence-electron chi connectivity index (χ1n) is 4.25. The Bertz CT molecular complexity index is 403. The lowest BCUT2D eigenvalue weighted by atomic mass is 10.1. The number of rotatable bonds is 1. The summed E-state index contributed by atoms with van der Waals surface area (Å²) in [5, 5.41) is 0. The highest BCUT2D eigenvalue weighted by molar-refractivity contribution is 5.98. The molecule has 0 bridgehead atoms. The molecule has 0 spiro atoms. The predicted molar refractivity (Wildman–Crippen MR) is 48.7 cm³/mol. The molecule has 1 aromatic carbocycles. The molecule has 0 N–H and O–H groups in total. The van der Waals surface area contributed by atoms with Crippen LogP contribution in [-0.4, -0.2) is 25.0 Å². The molecule has 1 aromatic rings. The van der Waals surface area contributed by atoms with Gasteiger partial charge in [-0.1, -0.05) is 0 Å². The van der Waals surface area contributed by atoms with Crippen molar-refractivity contribution in [3.63, 3.8) is 0 Å². The number of methoxy groups -OCH3 is 1. The van der Waals surface area contributed by atoms with Gasteiger partial charge in [0, 0.05) is 25.2 Å². The van der Waals surface area contributed by atoms with Crippen LogP contribution in [0.15, 0.2) is 12.1 Å². The fourth-order valence-electron chi connectivity index (χ4n) is 1.60. The summed E-state index contributed by atoms with van der Waals surface area (Å²) < 4.78 is 18.3. The average Bonchev–Trinajstić information content (AvgIpc) is 2.45. The molecule has 0 aromatic heterocycles. The van der Waals surface area contributed by atoms with Crippen LogP contribution >= 0.6 is 0 Å². The van der Waals surface area contributed by atoms with E-state index in [9.17, 15) is 9.18 Å². The lowest BCUT2D eigenvalue weighted by Crippen LogP contribution is -2.17. The molecule has 0 radical (unpaired) electrons. The third-order valence-corrected chi connectivity index (χ3v) is 2.38. The van der Waals surface area contributed by atoms with Crippen LogP contribution in [0.1, 0.15) is 15.9 Å². The molecule has 0 aliphatic carbocycles. The van der Waals surface area contributed by atoms with Gasteiger partial charge in [-0.05, 0) is 6.07 Å². The smallest absolute Gasteiger partial charge is 0.254 e. The minimum atomic E-state index is -0.378. The van der Waals surface area contributed by atoms with Gasteiger partial charge in [0.05, 0.1) is 12.7 Å². The zero-order chi connectivity index (χ0) is 10.3. The standard InChI is InChI=1S/C10H10FNO2/c1-12-5-8-7(10(12)13)3-6(14-2)4-9(8)11/h3-4H,5H2,1-2H3. The molecule has 1 amide bonds. The van der Waals surface area contributed by atoms with E-state index in [0.717, 1.165) is 0 Å². The molecule has 0 atom stereocenters. The van der Waals surface area contributed by atoms with Crippen molar-refractivity contribution < 1.29 is 13.9 Å². The van der Waals surface area contributed by atoms with Gasteiger partial charge >= 0.3 is 0 Å². The maximum atomic E-state index is 13.4. The maximum absolute atomic E-state index is 13.4. The number of benzene rings is 1. The Balaban J connectivity index is 2.58. The highest BCUT2D eigenvalue weighted by Gasteiger charge is 2.27. The zero-order valence-corrected chi connectivity index (χ0v) is 8.00. The summed E-state index contributed by atoms with van der Waals surface area (Å²) in [4.78, 5) is 13.0. The molecule has 1 heterocycles. The Labute approximate surface area is 81.1 Å². The monoisotopic (exact) mass is 195 g/mol. The fraction of sp³-hybridized carbons (Fsp3) is 0.300. The van der Waals surface area contributed by atoms with Gasteiger partial charge in [0.25, 0.3) is 5.91 Å². The van der Waals surface area contributed by atoms with Crippen molar-refractivity contribution in [2.24, 2.45) is 0 Å². The maximum Gasteiger partial charge on any atom is 0.254 e. The molecular weight excluding hydrogens is 185 g/mol. The molecule has 2 rings (SSSR count). The molecule has 0 saturated heterocycles. The van der Waals surface area contributed by atoms with E-state index in [1.54, 1.807) is 13.1 Å². The van der Waals surface area contributed by atoms with Crippen LogP contribution in [0, 0.1) is 5.82 Å². The average molecular weight is 195 g/mol. The SMILES string of the molecule is COc1cc(F)c2c(c1)C(=O)N(C)C2. The van der Waals surface area contributed by atoms with Crippen molar-refractivity contribution in [3.8, 4) is 5.75 Å². The number of amides is 1. The number of ether oxygens (including phenoxy) is 1. The van der Waals surface area contributed by atoms with Crippen LogP contribution in [0.4, 0.5) is 4.39 Å². The second-order valence-corrected chi connectivity index (χ2v) is 3.30. The number of halogens is 1. The zero-order valence-electron chi connectivity index (χ0n) is 8.00. The van der Waals surface area contributed by atoms with E-state index in [1.165, 1.54) is 18.1 Å². The predicted octanol–water partition coefficient (Wildman–Crippen LogP) is 1.42. The molecule has 0 unspecified atom stereocenters. The minimum absolute atomic E-state index is 0.155. The molecule has 14 heavy (non-hydrogen) atoms. The van der Waals surface area contributed by atoms with E-state index >= 15 is 0 Å². The van der Waals surface area contributed by atoms with Crippen LogP contribution < -0.4 is 4.74 Å². The van der Waals surface area contributed by atoms with E-state index in [2.05, 4.69) is 0 Å². The molecule has 3 nitrogen and oxygen atoms in total. The summed E-state index contributed by atoms with van der Waals surface area (Å²) in [6.07, 6.45) is 0. The Morgan fingerprint density at radius 1 is 1.50 bits per heavy atom. The largest absolute Gasteiger partial charge is 0.497 e. The third kappa shape index (κ3) is 1.14. The third-order valence-electron chi connectivity index (χ3n) is 2.38. The number of carbonyl (C=O) groups is 1. The second-order valence-electron chi connectivity index (χ2n) is 3.30. The Hall–Kier alpha value is -1.58. The molecule has 4 heteroatoms. The lowest BCUT2D eigenvalue weighted by Gasteiger charge is -2.04. The molecule has 74 valence electrons. The van der Waals surface area contributed by atoms with Gasteiger partial charge in [-0.2, -0.15) is 0 Å². The van der Waals surface area contributed by atoms with Crippen LogP contribution in [0.2, 0.25) is 0 Å². The molecule has 0 fully saturated rings. The van der Waals surface area contributed by atoms with Crippen molar-refractivity contribution in [1.29, 1.82) is 0 Å². The Morgan fingerprint density at radius 2 is 2.21 bits per heavy atom. The van der Waals surface area contributed by atoms with E-state index in [0.29, 0.717) is 23.4 Å². The lowest BCUT2D eigenvalue weighted by molar-refractivity contribution is 0.0816. The normalized spacial score (nSPS) is 14.5. The van der Waals surface area contributed by atoms with Gasteiger partial charge in [0.2, 0.25) is 0 Å². The first-order valence-corrected chi connectivity index (χ1v) is 4.25. The Kier molecular flexibility index (Phi) is 1.91. The highest BCUT2D eigenvalue weighted by atomic mass is 19.1.